The van der Waals surface area contributed by atoms with Crippen molar-refractivity contribution in [3.8, 4) is 0 Å². The van der Waals surface area contributed by atoms with Gasteiger partial charge in [0.2, 0.25) is 5.91 Å². The van der Waals surface area contributed by atoms with E-state index in [0.717, 1.165) is 63.6 Å². The monoisotopic (exact) mass is 469 g/mol. The number of hydrogen-bond donors (Lipinski definition) is 0. The number of halogens is 1. The van der Waals surface area contributed by atoms with Gasteiger partial charge in [0.1, 0.15) is 12.1 Å². The van der Waals surface area contributed by atoms with E-state index in [0.29, 0.717) is 30.6 Å². The third kappa shape index (κ3) is 4.86. The topological polar surface area (TPSA) is 61.8 Å². The van der Waals surface area contributed by atoms with Gasteiger partial charge in [-0.25, -0.2) is 9.97 Å². The Morgan fingerprint density at radius 1 is 1.09 bits per heavy atom. The minimum Gasteiger partial charge on any atom is -0.379 e. The summed E-state index contributed by atoms with van der Waals surface area (Å²) >= 11 is 6.12. The van der Waals surface area contributed by atoms with Gasteiger partial charge in [-0.05, 0) is 36.5 Å². The van der Waals surface area contributed by atoms with Crippen LogP contribution in [0, 0.1) is 0 Å². The molecule has 0 spiro atoms. The number of benzene rings is 1. The number of aryl methyl sites for hydroxylation is 1. The molecule has 8 heteroatoms. The van der Waals surface area contributed by atoms with Gasteiger partial charge in [-0.3, -0.25) is 9.69 Å². The Kier molecular flexibility index (Phi) is 6.81. The second-order valence-corrected chi connectivity index (χ2v) is 9.76. The van der Waals surface area contributed by atoms with E-state index in [2.05, 4.69) is 26.7 Å². The molecule has 0 bridgehead atoms. The first-order valence-electron chi connectivity index (χ1n) is 12.0. The van der Waals surface area contributed by atoms with Crippen molar-refractivity contribution in [1.82, 2.24) is 19.8 Å². The molecule has 2 atom stereocenters. The van der Waals surface area contributed by atoms with Crippen LogP contribution in [0.2, 0.25) is 5.02 Å². The second kappa shape index (κ2) is 9.95. The molecule has 3 heterocycles. The first-order chi connectivity index (χ1) is 16.1. The van der Waals surface area contributed by atoms with Crippen LogP contribution in [0.25, 0.3) is 0 Å². The summed E-state index contributed by atoms with van der Waals surface area (Å²) < 4.78 is 5.50. The number of amides is 1. The van der Waals surface area contributed by atoms with E-state index in [9.17, 15) is 4.79 Å². The summed E-state index contributed by atoms with van der Waals surface area (Å²) in [4.78, 5) is 29.6. The van der Waals surface area contributed by atoms with Crippen molar-refractivity contribution < 1.29 is 9.53 Å². The number of fused-ring (bicyclic) bond motifs is 1. The fourth-order valence-electron chi connectivity index (χ4n) is 5.30. The normalized spacial score (nSPS) is 22.3. The van der Waals surface area contributed by atoms with Crippen LogP contribution >= 0.6 is 11.6 Å². The molecule has 176 valence electrons. The van der Waals surface area contributed by atoms with E-state index in [1.54, 1.807) is 6.33 Å². The number of ether oxygens (including phenoxy) is 1. The number of morpholine rings is 1. The highest BCUT2D eigenvalue weighted by Gasteiger charge is 2.33. The molecule has 2 fully saturated rings. The molecule has 33 heavy (non-hydrogen) atoms. The molecule has 3 aliphatic rings. The number of anilines is 1. The van der Waals surface area contributed by atoms with Crippen LogP contribution in [0.1, 0.15) is 42.0 Å². The molecule has 2 saturated heterocycles. The average molecular weight is 470 g/mol. The molecule has 1 amide bonds. The van der Waals surface area contributed by atoms with Gasteiger partial charge in [0, 0.05) is 62.1 Å². The van der Waals surface area contributed by atoms with Crippen molar-refractivity contribution >= 4 is 23.3 Å². The lowest BCUT2D eigenvalue weighted by Gasteiger charge is -2.39. The van der Waals surface area contributed by atoms with Gasteiger partial charge in [0.15, 0.2) is 0 Å². The number of carbonyl (C=O) groups is 1. The molecule has 2 aromatic rings. The van der Waals surface area contributed by atoms with Crippen molar-refractivity contribution in [1.29, 1.82) is 0 Å². The molecular formula is C25H32ClN5O2. The maximum atomic E-state index is 13.7. The molecule has 0 saturated carbocycles. The zero-order valence-corrected chi connectivity index (χ0v) is 20.0. The summed E-state index contributed by atoms with van der Waals surface area (Å²) in [5.41, 5.74) is 3.53. The number of aromatic nitrogens is 2. The number of rotatable bonds is 5. The SMILES string of the molecule is C[C@@H]1CCc2ncnc(N3CCN(C(=O)[C@@H](CN4CCOCC4)c4ccc(Cl)cc4)CC3)c21. The Bertz CT molecular complexity index is 971. The van der Waals surface area contributed by atoms with Crippen molar-refractivity contribution in [3.05, 3.63) is 52.4 Å². The predicted molar refractivity (Wildman–Crippen MR) is 129 cm³/mol. The van der Waals surface area contributed by atoms with Gasteiger partial charge < -0.3 is 14.5 Å². The number of hydrogen-bond acceptors (Lipinski definition) is 6. The lowest BCUT2D eigenvalue weighted by molar-refractivity contribution is -0.134. The molecule has 0 N–H and O–H groups in total. The van der Waals surface area contributed by atoms with Gasteiger partial charge >= 0.3 is 0 Å². The fourth-order valence-corrected chi connectivity index (χ4v) is 5.42. The fraction of sp³-hybridized carbons (Fsp3) is 0.560. The van der Waals surface area contributed by atoms with Crippen molar-refractivity contribution in [3.63, 3.8) is 0 Å². The van der Waals surface area contributed by atoms with Crippen molar-refractivity contribution in [2.75, 3.05) is 63.9 Å². The number of nitrogens with zero attached hydrogens (tertiary/aromatic N) is 5. The summed E-state index contributed by atoms with van der Waals surface area (Å²) in [5, 5.41) is 0.691. The molecular weight excluding hydrogens is 438 g/mol. The van der Waals surface area contributed by atoms with Crippen LogP contribution in [0.5, 0.6) is 0 Å². The quantitative estimate of drug-likeness (QED) is 0.671. The maximum absolute atomic E-state index is 13.7. The second-order valence-electron chi connectivity index (χ2n) is 9.33. The minimum absolute atomic E-state index is 0.199. The molecule has 2 aliphatic heterocycles. The molecule has 1 aromatic heterocycles. The van der Waals surface area contributed by atoms with Crippen molar-refractivity contribution in [2.24, 2.45) is 0 Å². The molecule has 1 aliphatic carbocycles. The Morgan fingerprint density at radius 2 is 1.82 bits per heavy atom. The zero-order valence-electron chi connectivity index (χ0n) is 19.3. The lowest BCUT2D eigenvalue weighted by Crippen LogP contribution is -2.52. The molecule has 7 nitrogen and oxygen atoms in total. The lowest BCUT2D eigenvalue weighted by atomic mass is 9.96. The summed E-state index contributed by atoms with van der Waals surface area (Å²) in [7, 11) is 0. The van der Waals surface area contributed by atoms with Gasteiger partial charge in [-0.2, -0.15) is 0 Å². The average Bonchev–Trinajstić information content (AvgIpc) is 3.24. The largest absolute Gasteiger partial charge is 0.379 e. The highest BCUT2D eigenvalue weighted by atomic mass is 35.5. The van der Waals surface area contributed by atoms with Crippen LogP contribution < -0.4 is 4.90 Å². The Balaban J connectivity index is 1.29. The summed E-state index contributed by atoms with van der Waals surface area (Å²) in [6.45, 7) is 9.16. The third-order valence-electron chi connectivity index (χ3n) is 7.26. The molecule has 1 aromatic carbocycles. The standard InChI is InChI=1S/C25H32ClN5O2/c1-18-2-7-22-23(18)24(28-17-27-22)30-8-10-31(11-9-30)25(32)21(16-29-12-14-33-15-13-29)19-3-5-20(26)6-4-19/h3-6,17-18,21H,2,7-16H2,1H3/t18-,21+/m1/s1. The summed E-state index contributed by atoms with van der Waals surface area (Å²) in [6.07, 6.45) is 3.88. The van der Waals surface area contributed by atoms with E-state index < -0.39 is 0 Å². The Labute approximate surface area is 200 Å². The van der Waals surface area contributed by atoms with Crippen LogP contribution in [-0.2, 0) is 16.0 Å². The van der Waals surface area contributed by atoms with Crippen LogP contribution in [0.3, 0.4) is 0 Å². The first kappa shape index (κ1) is 22.6. The predicted octanol–water partition coefficient (Wildman–Crippen LogP) is 2.94. The third-order valence-corrected chi connectivity index (χ3v) is 7.51. The van der Waals surface area contributed by atoms with Crippen LogP contribution in [0.4, 0.5) is 5.82 Å². The van der Waals surface area contributed by atoms with Gasteiger partial charge in [-0.1, -0.05) is 30.7 Å². The number of carbonyl (C=O) groups excluding carboxylic acids is 1. The molecule has 0 unspecified atom stereocenters. The summed E-state index contributed by atoms with van der Waals surface area (Å²) in [5.74, 6) is 1.57. The van der Waals surface area contributed by atoms with Crippen molar-refractivity contribution in [2.45, 2.75) is 31.6 Å². The van der Waals surface area contributed by atoms with E-state index in [4.69, 9.17) is 16.3 Å². The van der Waals surface area contributed by atoms with E-state index in [-0.39, 0.29) is 11.8 Å². The Hall–Kier alpha value is -2.22. The van der Waals surface area contributed by atoms with Crippen LogP contribution in [-0.4, -0.2) is 84.7 Å². The smallest absolute Gasteiger partial charge is 0.231 e. The van der Waals surface area contributed by atoms with Gasteiger partial charge in [0.25, 0.3) is 0 Å². The Morgan fingerprint density at radius 3 is 2.55 bits per heavy atom. The molecule has 0 radical (unpaired) electrons. The maximum Gasteiger partial charge on any atom is 0.231 e. The van der Waals surface area contributed by atoms with E-state index in [1.807, 2.05) is 29.2 Å². The van der Waals surface area contributed by atoms with Crippen LogP contribution in [0.15, 0.2) is 30.6 Å². The highest BCUT2D eigenvalue weighted by molar-refractivity contribution is 6.30. The molecule has 5 rings (SSSR count). The number of piperazine rings is 1. The van der Waals surface area contributed by atoms with E-state index in [1.165, 1.54) is 11.3 Å². The highest BCUT2D eigenvalue weighted by Crippen LogP contribution is 2.37. The zero-order chi connectivity index (χ0) is 22.8. The summed E-state index contributed by atoms with van der Waals surface area (Å²) in [6, 6.07) is 7.75. The van der Waals surface area contributed by atoms with Gasteiger partial charge in [0.05, 0.1) is 19.1 Å². The van der Waals surface area contributed by atoms with Gasteiger partial charge in [-0.15, -0.1) is 0 Å². The first-order valence-corrected chi connectivity index (χ1v) is 12.4. The van der Waals surface area contributed by atoms with E-state index >= 15 is 0 Å². The minimum atomic E-state index is -0.199.